The number of alkyl halides is 3. The maximum absolute atomic E-state index is 12.8. The third-order valence-electron chi connectivity index (χ3n) is 3.41. The molecule has 0 aromatic carbocycles. The molecule has 0 aliphatic carbocycles. The van der Waals surface area contributed by atoms with Crippen molar-refractivity contribution >= 4 is 12.1 Å². The lowest BCUT2D eigenvalue weighted by molar-refractivity contribution is -0.141. The Bertz CT molecular complexity index is 649. The van der Waals surface area contributed by atoms with Crippen LogP contribution in [0.25, 0.3) is 0 Å². The molecule has 1 aliphatic rings. The molecule has 1 aromatic rings. The monoisotopic (exact) mass is 349 g/mol. The van der Waals surface area contributed by atoms with Crippen LogP contribution < -0.4 is 0 Å². The molecule has 1 saturated heterocycles. The number of amides is 1. The zero-order valence-corrected chi connectivity index (χ0v) is 13.4. The number of hydrogen-bond acceptors (Lipinski definition) is 4. The zero-order chi connectivity index (χ0) is 18.3. The molecule has 24 heavy (non-hydrogen) atoms. The molecule has 0 radical (unpaired) electrons. The number of carbonyl (C=O) groups is 2. The lowest BCUT2D eigenvalue weighted by Gasteiger charge is -2.24. The Morgan fingerprint density at radius 2 is 1.96 bits per heavy atom. The van der Waals surface area contributed by atoms with Gasteiger partial charge in [-0.3, -0.25) is 4.68 Å². The number of carbonyl (C=O) groups excluding carboxylic acids is 1. The number of aromatic nitrogens is 2. The van der Waals surface area contributed by atoms with E-state index in [9.17, 15) is 22.8 Å². The minimum atomic E-state index is -4.74. The van der Waals surface area contributed by atoms with E-state index in [1.807, 2.05) is 0 Å². The molecule has 2 rings (SSSR count). The molecule has 134 valence electrons. The maximum atomic E-state index is 12.8. The number of rotatable bonds is 2. The standard InChI is InChI=1S/C14H18F3N3O4/c1-13(2,3)24-12(23)19-5-4-8(7-19)20-9(11(21)22)6-10(18-20)14(15,16)17/h6,8H,4-5,7H2,1-3H3,(H,21,22). The first-order chi connectivity index (χ1) is 10.9. The summed E-state index contributed by atoms with van der Waals surface area (Å²) in [6.45, 7) is 5.38. The summed E-state index contributed by atoms with van der Waals surface area (Å²) in [6, 6.07) is -0.155. The zero-order valence-electron chi connectivity index (χ0n) is 13.4. The van der Waals surface area contributed by atoms with Gasteiger partial charge in [-0.25, -0.2) is 9.59 Å². The average Bonchev–Trinajstić information content (AvgIpc) is 3.02. The van der Waals surface area contributed by atoms with Gasteiger partial charge >= 0.3 is 18.2 Å². The Morgan fingerprint density at radius 1 is 1.33 bits per heavy atom. The van der Waals surface area contributed by atoms with E-state index in [0.29, 0.717) is 12.5 Å². The first-order valence-corrected chi connectivity index (χ1v) is 7.26. The first kappa shape index (κ1) is 18.1. The maximum Gasteiger partial charge on any atom is 0.435 e. The van der Waals surface area contributed by atoms with Crippen LogP contribution in [0.1, 0.15) is 49.4 Å². The Kier molecular flexibility index (Phi) is 4.51. The molecule has 7 nitrogen and oxygen atoms in total. The summed E-state index contributed by atoms with van der Waals surface area (Å²) >= 11 is 0. The second-order valence-corrected chi connectivity index (χ2v) is 6.53. The number of carboxylic acid groups (broad SMARTS) is 1. The van der Waals surface area contributed by atoms with E-state index in [2.05, 4.69) is 5.10 Å². The van der Waals surface area contributed by atoms with Crippen molar-refractivity contribution in [3.8, 4) is 0 Å². The van der Waals surface area contributed by atoms with Gasteiger partial charge < -0.3 is 14.7 Å². The Labute approximate surface area is 136 Å². The molecule has 2 heterocycles. The fourth-order valence-electron chi connectivity index (χ4n) is 2.40. The van der Waals surface area contributed by atoms with Crippen molar-refractivity contribution in [1.82, 2.24) is 14.7 Å². The smallest absolute Gasteiger partial charge is 0.435 e. The van der Waals surface area contributed by atoms with Crippen molar-refractivity contribution in [2.75, 3.05) is 13.1 Å². The summed E-state index contributed by atoms with van der Waals surface area (Å²) < 4.78 is 44.3. The molecule has 1 aromatic heterocycles. The quantitative estimate of drug-likeness (QED) is 0.887. The lowest BCUT2D eigenvalue weighted by atomic mass is 10.2. The van der Waals surface area contributed by atoms with Crippen molar-refractivity contribution in [2.24, 2.45) is 0 Å². The number of ether oxygens (including phenoxy) is 1. The van der Waals surface area contributed by atoms with Crippen molar-refractivity contribution in [2.45, 2.75) is 45.0 Å². The van der Waals surface area contributed by atoms with Crippen LogP contribution in [-0.2, 0) is 10.9 Å². The summed E-state index contributed by atoms with van der Waals surface area (Å²) in [7, 11) is 0. The molecule has 1 fully saturated rings. The molecule has 1 atom stereocenters. The summed E-state index contributed by atoms with van der Waals surface area (Å²) in [5.74, 6) is -1.51. The van der Waals surface area contributed by atoms with Crippen molar-refractivity contribution in [3.63, 3.8) is 0 Å². The lowest BCUT2D eigenvalue weighted by Crippen LogP contribution is -2.35. The average molecular weight is 349 g/mol. The number of aromatic carboxylic acids is 1. The van der Waals surface area contributed by atoms with Gasteiger partial charge in [-0.05, 0) is 27.2 Å². The number of likely N-dealkylation sites (tertiary alicyclic amines) is 1. The predicted octanol–water partition coefficient (Wildman–Crippen LogP) is 2.78. The summed E-state index contributed by atoms with van der Waals surface area (Å²) in [5, 5.41) is 12.5. The topological polar surface area (TPSA) is 84.7 Å². The highest BCUT2D eigenvalue weighted by Crippen LogP contribution is 2.31. The number of carboxylic acids is 1. The van der Waals surface area contributed by atoms with Gasteiger partial charge in [0, 0.05) is 19.2 Å². The van der Waals surface area contributed by atoms with Crippen LogP contribution in [0, 0.1) is 0 Å². The van der Waals surface area contributed by atoms with Gasteiger partial charge in [0.05, 0.1) is 6.04 Å². The minimum absolute atomic E-state index is 0.0359. The number of halogens is 3. The molecule has 0 saturated carbocycles. The third kappa shape index (κ3) is 3.98. The van der Waals surface area contributed by atoms with Crippen LogP contribution in [0.5, 0.6) is 0 Å². The van der Waals surface area contributed by atoms with E-state index in [-0.39, 0.29) is 13.1 Å². The Balaban J connectivity index is 2.20. The molecule has 0 spiro atoms. The van der Waals surface area contributed by atoms with E-state index < -0.39 is 41.3 Å². The van der Waals surface area contributed by atoms with Crippen LogP contribution in [0.3, 0.4) is 0 Å². The van der Waals surface area contributed by atoms with Crippen molar-refractivity contribution in [1.29, 1.82) is 0 Å². The fraction of sp³-hybridized carbons (Fsp3) is 0.643. The largest absolute Gasteiger partial charge is 0.477 e. The number of nitrogens with zero attached hydrogens (tertiary/aromatic N) is 3. The molecule has 1 aliphatic heterocycles. The van der Waals surface area contributed by atoms with Gasteiger partial charge in [0.1, 0.15) is 11.3 Å². The van der Waals surface area contributed by atoms with Gasteiger partial charge in [0.15, 0.2) is 5.69 Å². The highest BCUT2D eigenvalue weighted by molar-refractivity contribution is 5.85. The van der Waals surface area contributed by atoms with Gasteiger partial charge in [-0.15, -0.1) is 0 Å². The van der Waals surface area contributed by atoms with Gasteiger partial charge in [-0.2, -0.15) is 18.3 Å². The Hall–Kier alpha value is -2.26. The van der Waals surface area contributed by atoms with Crippen LogP contribution in [-0.4, -0.2) is 50.5 Å². The first-order valence-electron chi connectivity index (χ1n) is 7.26. The van der Waals surface area contributed by atoms with Gasteiger partial charge in [0.2, 0.25) is 0 Å². The Morgan fingerprint density at radius 3 is 2.46 bits per heavy atom. The summed E-state index contributed by atoms with van der Waals surface area (Å²) in [6.07, 6.45) is -5.04. The van der Waals surface area contributed by atoms with Crippen molar-refractivity contribution < 1.29 is 32.6 Å². The molecule has 0 bridgehead atoms. The van der Waals surface area contributed by atoms with E-state index in [1.165, 1.54) is 4.90 Å². The minimum Gasteiger partial charge on any atom is -0.477 e. The molecule has 1 unspecified atom stereocenters. The highest BCUT2D eigenvalue weighted by Gasteiger charge is 2.39. The molecular weight excluding hydrogens is 331 g/mol. The van der Waals surface area contributed by atoms with Crippen LogP contribution >= 0.6 is 0 Å². The molecule has 10 heteroatoms. The van der Waals surface area contributed by atoms with Crippen LogP contribution in [0.2, 0.25) is 0 Å². The van der Waals surface area contributed by atoms with Gasteiger partial charge in [0.25, 0.3) is 0 Å². The number of hydrogen-bond donors (Lipinski definition) is 1. The summed E-state index contributed by atoms with van der Waals surface area (Å²) in [5.41, 5.74) is -2.52. The fourth-order valence-corrected chi connectivity index (χ4v) is 2.40. The van der Waals surface area contributed by atoms with E-state index in [4.69, 9.17) is 9.84 Å². The second-order valence-electron chi connectivity index (χ2n) is 6.53. The highest BCUT2D eigenvalue weighted by atomic mass is 19.4. The van der Waals surface area contributed by atoms with E-state index in [1.54, 1.807) is 20.8 Å². The third-order valence-corrected chi connectivity index (χ3v) is 3.41. The normalized spacial score (nSPS) is 18.8. The van der Waals surface area contributed by atoms with E-state index in [0.717, 1.165) is 4.68 Å². The van der Waals surface area contributed by atoms with E-state index >= 15 is 0 Å². The molecule has 1 amide bonds. The van der Waals surface area contributed by atoms with Crippen molar-refractivity contribution in [3.05, 3.63) is 17.5 Å². The molecular formula is C14H18F3N3O4. The second kappa shape index (κ2) is 5.99. The SMILES string of the molecule is CC(C)(C)OC(=O)N1CCC(n2nc(C(F)(F)F)cc2C(=O)O)C1. The predicted molar refractivity (Wildman–Crippen MR) is 75.6 cm³/mol. The van der Waals surface area contributed by atoms with Crippen LogP contribution in [0.15, 0.2) is 6.07 Å². The van der Waals surface area contributed by atoms with Crippen LogP contribution in [0.4, 0.5) is 18.0 Å². The summed E-state index contributed by atoms with van der Waals surface area (Å²) in [4.78, 5) is 24.5. The molecule has 1 N–H and O–H groups in total. The van der Waals surface area contributed by atoms with Gasteiger partial charge in [-0.1, -0.05) is 0 Å².